The lowest BCUT2D eigenvalue weighted by Crippen LogP contribution is -2.55. The Balaban J connectivity index is 0.00000234. The van der Waals surface area contributed by atoms with Crippen molar-refractivity contribution in [2.24, 2.45) is 11.5 Å². The maximum Gasteiger partial charge on any atom is 0.490 e. The van der Waals surface area contributed by atoms with Crippen LogP contribution < -0.4 is 27.4 Å². The van der Waals surface area contributed by atoms with E-state index in [0.29, 0.717) is 38.8 Å². The van der Waals surface area contributed by atoms with E-state index in [2.05, 4.69) is 16.0 Å². The first-order chi connectivity index (χ1) is 21.0. The average molecular weight is 634 g/mol. The minimum atomic E-state index is -5.08. The summed E-state index contributed by atoms with van der Waals surface area (Å²) in [5.74, 6) is -3.88. The molecular weight excluding hydrogens is 583 g/mol. The van der Waals surface area contributed by atoms with Crippen molar-refractivity contribution in [2.75, 3.05) is 26.2 Å². The monoisotopic (exact) mass is 633 g/mol. The predicted octanol–water partition coefficient (Wildman–Crippen LogP) is 2.54. The highest BCUT2D eigenvalue weighted by Crippen LogP contribution is 2.13. The first-order valence-electron chi connectivity index (χ1n) is 15.2. The fourth-order valence-corrected chi connectivity index (χ4v) is 4.08. The molecule has 11 nitrogen and oxygen atoms in total. The maximum absolute atomic E-state index is 12.8. The van der Waals surface area contributed by atoms with Gasteiger partial charge in [0.1, 0.15) is 12.1 Å². The number of nitrogens with one attached hydrogen (secondary N) is 3. The Kier molecular flexibility index (Phi) is 23.3. The molecule has 14 heteroatoms. The average Bonchev–Trinajstić information content (AvgIpc) is 2.98. The highest BCUT2D eigenvalue weighted by molar-refractivity contribution is 5.92. The minimum Gasteiger partial charge on any atom is -0.475 e. The molecular formula is C30H50F3N5O6. The normalized spacial score (nSPS) is 12.3. The van der Waals surface area contributed by atoms with Crippen LogP contribution in [0.2, 0.25) is 0 Å². The molecule has 0 heterocycles. The fourth-order valence-electron chi connectivity index (χ4n) is 4.08. The smallest absolute Gasteiger partial charge is 0.475 e. The van der Waals surface area contributed by atoms with Crippen molar-refractivity contribution in [2.45, 2.75) is 102 Å². The van der Waals surface area contributed by atoms with Gasteiger partial charge >= 0.3 is 12.1 Å². The highest BCUT2D eigenvalue weighted by atomic mass is 19.4. The quantitative estimate of drug-likeness (QED) is 0.0946. The van der Waals surface area contributed by atoms with Gasteiger partial charge in [-0.3, -0.25) is 14.4 Å². The van der Waals surface area contributed by atoms with Gasteiger partial charge in [0, 0.05) is 13.0 Å². The topological polar surface area (TPSA) is 197 Å². The molecule has 0 unspecified atom stereocenters. The largest absolute Gasteiger partial charge is 0.490 e. The summed E-state index contributed by atoms with van der Waals surface area (Å²) in [5, 5.41) is 25.0. The Labute approximate surface area is 257 Å². The molecule has 0 aromatic heterocycles. The Bertz CT molecular complexity index is 937. The molecule has 0 bridgehead atoms. The van der Waals surface area contributed by atoms with E-state index >= 15 is 0 Å². The molecule has 0 spiro atoms. The van der Waals surface area contributed by atoms with Crippen molar-refractivity contribution in [3.05, 3.63) is 35.9 Å². The van der Waals surface area contributed by atoms with Crippen molar-refractivity contribution in [1.82, 2.24) is 16.0 Å². The van der Waals surface area contributed by atoms with Gasteiger partial charge < -0.3 is 37.6 Å². The fraction of sp³-hybridized carbons (Fsp3) is 0.667. The number of alkyl halides is 3. The molecule has 9 N–H and O–H groups in total. The summed E-state index contributed by atoms with van der Waals surface area (Å²) in [6, 6.07) is 7.97. The van der Waals surface area contributed by atoms with Gasteiger partial charge in [-0.25, -0.2) is 4.79 Å². The van der Waals surface area contributed by atoms with E-state index in [4.69, 9.17) is 21.4 Å². The summed E-state index contributed by atoms with van der Waals surface area (Å²) in [4.78, 5) is 46.8. The van der Waals surface area contributed by atoms with Gasteiger partial charge in [-0.1, -0.05) is 68.9 Å². The van der Waals surface area contributed by atoms with Crippen molar-refractivity contribution in [3.63, 3.8) is 0 Å². The Hall–Kier alpha value is -3.23. The lowest BCUT2D eigenvalue weighted by atomic mass is 10.1. The molecule has 252 valence electrons. The number of aliphatic hydroxyl groups excluding tert-OH is 1. The van der Waals surface area contributed by atoms with Crippen LogP contribution >= 0.6 is 0 Å². The maximum atomic E-state index is 12.8. The van der Waals surface area contributed by atoms with Crippen LogP contribution in [-0.4, -0.2) is 78.4 Å². The molecule has 1 aromatic rings. The zero-order chi connectivity index (χ0) is 33.2. The molecule has 1 aromatic carbocycles. The summed E-state index contributed by atoms with van der Waals surface area (Å²) in [7, 11) is 0. The van der Waals surface area contributed by atoms with E-state index in [1.165, 1.54) is 19.3 Å². The summed E-state index contributed by atoms with van der Waals surface area (Å²) in [5.41, 5.74) is 12.2. The number of carboxylic acids is 1. The molecule has 44 heavy (non-hydrogen) atoms. The summed E-state index contributed by atoms with van der Waals surface area (Å²) < 4.78 is 31.7. The number of halogens is 3. The number of amides is 3. The third-order valence-electron chi connectivity index (χ3n) is 6.57. The number of carbonyl (C=O) groups is 4. The third kappa shape index (κ3) is 21.5. The number of unbranched alkanes of at least 4 members (excludes halogenated alkanes) is 8. The molecule has 2 atom stereocenters. The molecule has 0 saturated heterocycles. The molecule has 1 rings (SSSR count). The van der Waals surface area contributed by atoms with Crippen LogP contribution in [0.1, 0.15) is 82.6 Å². The number of carboxylic acid groups (broad SMARTS) is 1. The van der Waals surface area contributed by atoms with E-state index in [-0.39, 0.29) is 11.8 Å². The number of nitrogens with two attached hydrogens (primary N) is 2. The van der Waals surface area contributed by atoms with Crippen molar-refractivity contribution in [1.29, 1.82) is 0 Å². The molecule has 0 aliphatic heterocycles. The Morgan fingerprint density at radius 2 is 1.27 bits per heavy atom. The zero-order valence-electron chi connectivity index (χ0n) is 25.4. The molecule has 3 amide bonds. The SMILES string of the molecule is NCCCCCCCCCCC(=O)N[C@@H](CO)C(=O)N[C@@H](CCCCN)C(=O)NCCc1ccccc1.O=C(O)C(F)(F)F. The second-order valence-electron chi connectivity index (χ2n) is 10.3. The first-order valence-corrected chi connectivity index (χ1v) is 15.2. The van der Waals surface area contributed by atoms with E-state index in [1.807, 2.05) is 30.3 Å². The van der Waals surface area contributed by atoms with Gasteiger partial charge in [-0.2, -0.15) is 13.2 Å². The van der Waals surface area contributed by atoms with Gasteiger partial charge in [0.05, 0.1) is 6.61 Å². The van der Waals surface area contributed by atoms with Gasteiger partial charge in [0.15, 0.2) is 0 Å². The minimum absolute atomic E-state index is 0.274. The van der Waals surface area contributed by atoms with Gasteiger partial charge in [0.2, 0.25) is 17.7 Å². The van der Waals surface area contributed by atoms with Crippen LogP contribution in [0.15, 0.2) is 30.3 Å². The molecule has 0 aliphatic rings. The summed E-state index contributed by atoms with van der Waals surface area (Å²) in [6.45, 7) is 1.16. The zero-order valence-corrected chi connectivity index (χ0v) is 25.4. The van der Waals surface area contributed by atoms with Gasteiger partial charge in [-0.05, 0) is 57.2 Å². The van der Waals surface area contributed by atoms with Crippen LogP contribution in [0.5, 0.6) is 0 Å². The first kappa shape index (κ1) is 40.8. The molecule has 0 radical (unpaired) electrons. The second-order valence-corrected chi connectivity index (χ2v) is 10.3. The van der Waals surface area contributed by atoms with Crippen molar-refractivity contribution >= 4 is 23.7 Å². The summed E-state index contributed by atoms with van der Waals surface area (Å²) in [6.07, 6.45) is 6.28. The van der Waals surface area contributed by atoms with Crippen molar-refractivity contribution in [3.8, 4) is 0 Å². The number of benzene rings is 1. The number of aliphatic carboxylic acids is 1. The standard InChI is InChI=1S/C28H49N5O4.C2HF3O2/c29-19-12-6-4-2-1-3-5-10-17-26(35)32-25(22-34)28(37)33-24(16-11-13-20-30)27(36)31-21-18-23-14-8-7-9-15-23;3-2(4,5)1(6)7/h7-9,14-15,24-25,34H,1-6,10-13,16-22,29-30H2,(H,31,36)(H,32,35)(H,33,37);(H,6,7)/t24-,25-;/m0./s1. The molecule has 0 saturated carbocycles. The lowest BCUT2D eigenvalue weighted by molar-refractivity contribution is -0.192. The lowest BCUT2D eigenvalue weighted by Gasteiger charge is -2.22. The van der Waals surface area contributed by atoms with Crippen LogP contribution in [0.3, 0.4) is 0 Å². The van der Waals surface area contributed by atoms with E-state index in [9.17, 15) is 32.7 Å². The molecule has 0 fully saturated rings. The van der Waals surface area contributed by atoms with Crippen LogP contribution in [-0.2, 0) is 25.6 Å². The molecule has 0 aliphatic carbocycles. The van der Waals surface area contributed by atoms with E-state index in [0.717, 1.165) is 50.6 Å². The van der Waals surface area contributed by atoms with Crippen LogP contribution in [0.4, 0.5) is 13.2 Å². The van der Waals surface area contributed by atoms with Crippen LogP contribution in [0, 0.1) is 0 Å². The highest BCUT2D eigenvalue weighted by Gasteiger charge is 2.38. The van der Waals surface area contributed by atoms with Gasteiger partial charge in [-0.15, -0.1) is 0 Å². The third-order valence-corrected chi connectivity index (χ3v) is 6.57. The van der Waals surface area contributed by atoms with E-state index < -0.39 is 36.7 Å². The second kappa shape index (κ2) is 25.1. The van der Waals surface area contributed by atoms with Crippen molar-refractivity contribution < 1.29 is 42.6 Å². The van der Waals surface area contributed by atoms with Gasteiger partial charge in [0.25, 0.3) is 0 Å². The van der Waals surface area contributed by atoms with Crippen LogP contribution in [0.25, 0.3) is 0 Å². The Morgan fingerprint density at radius 1 is 0.750 bits per heavy atom. The number of rotatable bonds is 22. The predicted molar refractivity (Wildman–Crippen MR) is 161 cm³/mol. The summed E-state index contributed by atoms with van der Waals surface area (Å²) >= 11 is 0. The number of hydrogen-bond donors (Lipinski definition) is 7. The number of aliphatic hydroxyl groups is 1. The van der Waals surface area contributed by atoms with E-state index in [1.54, 1.807) is 0 Å². The number of hydrogen-bond acceptors (Lipinski definition) is 7. The Morgan fingerprint density at radius 3 is 1.80 bits per heavy atom. The number of carbonyl (C=O) groups excluding carboxylic acids is 3.